The first-order chi connectivity index (χ1) is 7.30. The van der Waals surface area contributed by atoms with Crippen LogP contribution in [-0.2, 0) is 5.41 Å². The molecule has 0 atom stereocenters. The molecule has 0 saturated heterocycles. The van der Waals surface area contributed by atoms with Crippen LogP contribution in [0.4, 0.5) is 5.69 Å². The summed E-state index contributed by atoms with van der Waals surface area (Å²) in [6.07, 6.45) is 8.83. The predicted octanol–water partition coefficient (Wildman–Crippen LogP) is 4.37. The second-order valence-electron chi connectivity index (χ2n) is 4.64. The molecule has 2 heteroatoms. The van der Waals surface area contributed by atoms with Crippen LogP contribution in [0.2, 0.25) is 0 Å². The first-order valence-corrected chi connectivity index (χ1v) is 6.45. The van der Waals surface area contributed by atoms with Crippen molar-refractivity contribution in [2.24, 2.45) is 4.99 Å². The Kier molecular flexibility index (Phi) is 2.20. The lowest BCUT2D eigenvalue weighted by molar-refractivity contribution is 0.391. The van der Waals surface area contributed by atoms with Gasteiger partial charge in [0.2, 0.25) is 0 Å². The molecule has 0 N–H and O–H groups in total. The molecule has 1 fully saturated rings. The second-order valence-corrected chi connectivity index (χ2v) is 5.55. The van der Waals surface area contributed by atoms with Gasteiger partial charge >= 0.3 is 0 Å². The molecular weight excluding hydrogens is 250 g/mol. The van der Waals surface area contributed by atoms with Crippen LogP contribution < -0.4 is 0 Å². The fourth-order valence-electron chi connectivity index (χ4n) is 2.86. The van der Waals surface area contributed by atoms with Crippen molar-refractivity contribution in [3.05, 3.63) is 28.2 Å². The Morgan fingerprint density at radius 1 is 1.13 bits per heavy atom. The van der Waals surface area contributed by atoms with Gasteiger partial charge in [0.1, 0.15) is 0 Å². The summed E-state index contributed by atoms with van der Waals surface area (Å²) in [6, 6.07) is 6.46. The van der Waals surface area contributed by atoms with Gasteiger partial charge in [-0.15, -0.1) is 0 Å². The average molecular weight is 264 g/mol. The molecule has 0 radical (unpaired) electrons. The van der Waals surface area contributed by atoms with Crippen LogP contribution in [0.1, 0.15) is 37.7 Å². The average Bonchev–Trinajstić information content (AvgIpc) is 2.59. The van der Waals surface area contributed by atoms with Crippen LogP contribution >= 0.6 is 15.9 Å². The monoisotopic (exact) mass is 263 g/mol. The molecule has 1 aromatic carbocycles. The maximum absolute atomic E-state index is 4.57. The molecule has 0 amide bonds. The summed E-state index contributed by atoms with van der Waals surface area (Å²) in [4.78, 5) is 4.57. The summed E-state index contributed by atoms with van der Waals surface area (Å²) in [5.74, 6) is 0. The lowest BCUT2D eigenvalue weighted by atomic mass is 9.71. The third-order valence-corrected chi connectivity index (χ3v) is 4.18. The van der Waals surface area contributed by atoms with Gasteiger partial charge in [0.15, 0.2) is 0 Å². The Bertz CT molecular complexity index is 417. The van der Waals surface area contributed by atoms with Crippen LogP contribution in [0.25, 0.3) is 0 Å². The molecule has 0 aromatic heterocycles. The Morgan fingerprint density at radius 3 is 2.73 bits per heavy atom. The van der Waals surface area contributed by atoms with Gasteiger partial charge in [0.05, 0.1) is 5.69 Å². The predicted molar refractivity (Wildman–Crippen MR) is 67.1 cm³/mol. The highest BCUT2D eigenvalue weighted by Gasteiger charge is 2.37. The summed E-state index contributed by atoms with van der Waals surface area (Å²) in [5, 5.41) is 0. The lowest BCUT2D eigenvalue weighted by Gasteiger charge is -2.31. The topological polar surface area (TPSA) is 12.4 Å². The molecular formula is C13H14BrN. The van der Waals surface area contributed by atoms with Crippen molar-refractivity contribution in [1.29, 1.82) is 0 Å². The third kappa shape index (κ3) is 1.46. The van der Waals surface area contributed by atoms with Crippen LogP contribution in [0.3, 0.4) is 0 Å². The van der Waals surface area contributed by atoms with Crippen molar-refractivity contribution in [3.8, 4) is 0 Å². The summed E-state index contributed by atoms with van der Waals surface area (Å²) in [7, 11) is 0. The van der Waals surface area contributed by atoms with Gasteiger partial charge in [0.25, 0.3) is 0 Å². The zero-order chi connectivity index (χ0) is 10.3. The van der Waals surface area contributed by atoms with Gasteiger partial charge < -0.3 is 0 Å². The largest absolute Gasteiger partial charge is 0.260 e. The standard InChI is InChI=1S/C13H14BrN/c14-10-4-5-12-11(8-10)13(9-15-12)6-2-1-3-7-13/h4-5,8-9H,1-3,6-7H2. The van der Waals surface area contributed by atoms with E-state index < -0.39 is 0 Å². The van der Waals surface area contributed by atoms with E-state index >= 15 is 0 Å². The van der Waals surface area contributed by atoms with E-state index in [1.54, 1.807) is 0 Å². The molecule has 1 heterocycles. The zero-order valence-electron chi connectivity index (χ0n) is 8.67. The quantitative estimate of drug-likeness (QED) is 0.660. The highest BCUT2D eigenvalue weighted by Crippen LogP contribution is 2.46. The minimum absolute atomic E-state index is 0.275. The number of hydrogen-bond acceptors (Lipinski definition) is 1. The minimum atomic E-state index is 0.275. The molecule has 15 heavy (non-hydrogen) atoms. The van der Waals surface area contributed by atoms with E-state index in [1.807, 2.05) is 0 Å². The first-order valence-electron chi connectivity index (χ1n) is 5.65. The number of nitrogens with zero attached hydrogens (tertiary/aromatic N) is 1. The molecule has 1 aliphatic carbocycles. The van der Waals surface area contributed by atoms with Crippen molar-refractivity contribution < 1.29 is 0 Å². The van der Waals surface area contributed by atoms with E-state index in [9.17, 15) is 0 Å². The van der Waals surface area contributed by atoms with E-state index in [0.717, 1.165) is 0 Å². The van der Waals surface area contributed by atoms with Crippen LogP contribution in [0.5, 0.6) is 0 Å². The van der Waals surface area contributed by atoms with Crippen molar-refractivity contribution in [2.75, 3.05) is 0 Å². The number of benzene rings is 1. The number of fused-ring (bicyclic) bond motifs is 2. The van der Waals surface area contributed by atoms with Crippen molar-refractivity contribution in [2.45, 2.75) is 37.5 Å². The molecule has 0 unspecified atom stereocenters. The Balaban J connectivity index is 2.09. The fraction of sp³-hybridized carbons (Fsp3) is 0.462. The molecule has 2 aliphatic rings. The summed E-state index contributed by atoms with van der Waals surface area (Å²) >= 11 is 3.56. The first kappa shape index (κ1) is 9.59. The van der Waals surface area contributed by atoms with Crippen molar-refractivity contribution >= 4 is 27.8 Å². The lowest BCUT2D eigenvalue weighted by Crippen LogP contribution is -2.28. The maximum atomic E-state index is 4.57. The molecule has 3 rings (SSSR count). The molecule has 78 valence electrons. The van der Waals surface area contributed by atoms with E-state index in [1.165, 1.54) is 47.8 Å². The zero-order valence-corrected chi connectivity index (χ0v) is 10.3. The van der Waals surface area contributed by atoms with Crippen molar-refractivity contribution in [3.63, 3.8) is 0 Å². The fourth-order valence-corrected chi connectivity index (χ4v) is 3.22. The molecule has 1 saturated carbocycles. The van der Waals surface area contributed by atoms with Gasteiger partial charge in [-0.3, -0.25) is 4.99 Å². The molecule has 0 bridgehead atoms. The van der Waals surface area contributed by atoms with Gasteiger partial charge in [0, 0.05) is 16.1 Å². The third-order valence-electron chi connectivity index (χ3n) is 3.69. The molecule has 1 aliphatic heterocycles. The maximum Gasteiger partial charge on any atom is 0.0668 e. The highest BCUT2D eigenvalue weighted by atomic mass is 79.9. The van der Waals surface area contributed by atoms with Gasteiger partial charge in [-0.2, -0.15) is 0 Å². The normalized spacial score (nSPS) is 21.9. The minimum Gasteiger partial charge on any atom is -0.260 e. The Hall–Kier alpha value is -0.630. The summed E-state index contributed by atoms with van der Waals surface area (Å²) in [5.41, 5.74) is 2.90. The van der Waals surface area contributed by atoms with Crippen LogP contribution in [-0.4, -0.2) is 6.21 Å². The van der Waals surface area contributed by atoms with E-state index in [2.05, 4.69) is 45.3 Å². The number of hydrogen-bond donors (Lipinski definition) is 0. The SMILES string of the molecule is Brc1ccc2c(c1)C1(C=N2)CCCCC1. The Morgan fingerprint density at radius 2 is 1.93 bits per heavy atom. The number of halogens is 1. The molecule has 1 spiro atoms. The molecule has 1 nitrogen and oxygen atoms in total. The summed E-state index contributed by atoms with van der Waals surface area (Å²) < 4.78 is 1.18. The number of aliphatic imine (C=N–C) groups is 1. The van der Waals surface area contributed by atoms with Gasteiger partial charge in [-0.25, -0.2) is 0 Å². The number of rotatable bonds is 0. The Labute approximate surface area is 98.7 Å². The highest BCUT2D eigenvalue weighted by molar-refractivity contribution is 9.10. The van der Waals surface area contributed by atoms with E-state index in [0.29, 0.717) is 0 Å². The molecule has 1 aromatic rings. The van der Waals surface area contributed by atoms with Gasteiger partial charge in [-0.1, -0.05) is 35.2 Å². The smallest absolute Gasteiger partial charge is 0.0668 e. The van der Waals surface area contributed by atoms with Gasteiger partial charge in [-0.05, 0) is 36.6 Å². The second kappa shape index (κ2) is 3.44. The summed E-state index contributed by atoms with van der Waals surface area (Å²) in [6.45, 7) is 0. The van der Waals surface area contributed by atoms with E-state index in [4.69, 9.17) is 0 Å². The van der Waals surface area contributed by atoms with E-state index in [-0.39, 0.29) is 5.41 Å². The van der Waals surface area contributed by atoms with Crippen molar-refractivity contribution in [1.82, 2.24) is 0 Å². The van der Waals surface area contributed by atoms with Crippen LogP contribution in [0, 0.1) is 0 Å². The van der Waals surface area contributed by atoms with Crippen LogP contribution in [0.15, 0.2) is 27.7 Å².